The number of ether oxygens (including phenoxy) is 3. The van der Waals surface area contributed by atoms with Crippen molar-refractivity contribution in [2.75, 3.05) is 26.6 Å². The number of hydrogen-bond acceptors (Lipinski definition) is 6. The van der Waals surface area contributed by atoms with Gasteiger partial charge in [-0.25, -0.2) is 9.48 Å². The molecule has 2 heterocycles. The van der Waals surface area contributed by atoms with Gasteiger partial charge < -0.3 is 19.5 Å². The van der Waals surface area contributed by atoms with Crippen molar-refractivity contribution in [2.45, 2.75) is 12.8 Å². The molecule has 0 radical (unpaired) electrons. The summed E-state index contributed by atoms with van der Waals surface area (Å²) in [4.78, 5) is 24.8. The number of rotatable bonds is 6. The summed E-state index contributed by atoms with van der Waals surface area (Å²) < 4.78 is 17.3. The number of benzene rings is 2. The molecular formula is C26H24ClN3O5. The maximum atomic E-state index is 13.0. The van der Waals surface area contributed by atoms with Crippen LogP contribution in [0.2, 0.25) is 5.02 Å². The van der Waals surface area contributed by atoms with Crippen LogP contribution in [0.3, 0.4) is 0 Å². The fraction of sp³-hybridized carbons (Fsp3) is 0.192. The van der Waals surface area contributed by atoms with E-state index in [2.05, 4.69) is 16.5 Å². The van der Waals surface area contributed by atoms with Crippen molar-refractivity contribution in [2.24, 2.45) is 0 Å². The van der Waals surface area contributed by atoms with E-state index < -0.39 is 11.9 Å². The minimum absolute atomic E-state index is 0.177. The lowest BCUT2D eigenvalue weighted by atomic mass is 10.1. The molecule has 1 N–H and O–H groups in total. The molecule has 0 spiro atoms. The SMILES string of the molecule is COC(=O)c1ccc(NC(=O)c2cc3n(n2)/C(c2ccc(OC)c(OC)c2)=C\C=C/CC3)cc1Cl. The van der Waals surface area contributed by atoms with Crippen LogP contribution in [0.4, 0.5) is 5.69 Å². The summed E-state index contributed by atoms with van der Waals surface area (Å²) in [5, 5.41) is 7.58. The summed E-state index contributed by atoms with van der Waals surface area (Å²) in [5.74, 6) is 0.266. The Bertz CT molecular complexity index is 1340. The summed E-state index contributed by atoms with van der Waals surface area (Å²) >= 11 is 6.18. The van der Waals surface area contributed by atoms with Gasteiger partial charge in [0.25, 0.3) is 5.91 Å². The van der Waals surface area contributed by atoms with Gasteiger partial charge in [0, 0.05) is 16.9 Å². The number of fused-ring (bicyclic) bond motifs is 1. The van der Waals surface area contributed by atoms with E-state index in [1.54, 1.807) is 31.0 Å². The van der Waals surface area contributed by atoms with Gasteiger partial charge in [-0.3, -0.25) is 4.79 Å². The molecule has 9 heteroatoms. The Hall–Kier alpha value is -4.04. The van der Waals surface area contributed by atoms with Gasteiger partial charge in [-0.2, -0.15) is 5.10 Å². The van der Waals surface area contributed by atoms with Gasteiger partial charge >= 0.3 is 5.97 Å². The van der Waals surface area contributed by atoms with E-state index in [1.165, 1.54) is 19.2 Å². The molecule has 0 unspecified atom stereocenters. The van der Waals surface area contributed by atoms with Crippen molar-refractivity contribution in [3.8, 4) is 11.5 Å². The third-order valence-electron chi connectivity index (χ3n) is 5.51. The molecule has 1 aliphatic heterocycles. The molecule has 0 aliphatic carbocycles. The Balaban J connectivity index is 1.65. The molecular weight excluding hydrogens is 470 g/mol. The number of carbonyl (C=O) groups is 2. The average molecular weight is 494 g/mol. The van der Waals surface area contributed by atoms with Crippen LogP contribution in [-0.4, -0.2) is 43.0 Å². The highest BCUT2D eigenvalue weighted by molar-refractivity contribution is 6.34. The van der Waals surface area contributed by atoms with Crippen molar-refractivity contribution in [3.63, 3.8) is 0 Å². The zero-order chi connectivity index (χ0) is 24.9. The van der Waals surface area contributed by atoms with E-state index in [0.29, 0.717) is 23.6 Å². The zero-order valence-corrected chi connectivity index (χ0v) is 20.3. The van der Waals surface area contributed by atoms with Gasteiger partial charge in [-0.05, 0) is 61.4 Å². The Morgan fingerprint density at radius 2 is 1.83 bits per heavy atom. The third kappa shape index (κ3) is 5.07. The van der Waals surface area contributed by atoms with Crippen LogP contribution in [0, 0.1) is 0 Å². The molecule has 2 aromatic carbocycles. The van der Waals surface area contributed by atoms with Crippen LogP contribution in [0.15, 0.2) is 60.7 Å². The fourth-order valence-corrected chi connectivity index (χ4v) is 4.01. The number of esters is 1. The van der Waals surface area contributed by atoms with E-state index in [4.69, 9.17) is 25.8 Å². The first kappa shape index (κ1) is 24.1. The fourth-order valence-electron chi connectivity index (χ4n) is 3.75. The normalized spacial score (nSPS) is 15.0. The number of nitrogens with zero attached hydrogens (tertiary/aromatic N) is 2. The quantitative estimate of drug-likeness (QED) is 0.487. The Morgan fingerprint density at radius 1 is 1.03 bits per heavy atom. The molecule has 180 valence electrons. The molecule has 1 amide bonds. The number of anilines is 1. The van der Waals surface area contributed by atoms with E-state index in [1.807, 2.05) is 30.4 Å². The molecule has 35 heavy (non-hydrogen) atoms. The molecule has 0 bridgehead atoms. The highest BCUT2D eigenvalue weighted by Crippen LogP contribution is 2.32. The predicted molar refractivity (Wildman–Crippen MR) is 133 cm³/mol. The summed E-state index contributed by atoms with van der Waals surface area (Å²) in [7, 11) is 4.45. The first-order valence-electron chi connectivity index (χ1n) is 10.8. The number of aromatic nitrogens is 2. The van der Waals surface area contributed by atoms with Crippen molar-refractivity contribution >= 4 is 34.9 Å². The number of carbonyl (C=O) groups excluding carboxylic acids is 2. The number of methoxy groups -OCH3 is 3. The second kappa shape index (κ2) is 10.5. The summed E-state index contributed by atoms with van der Waals surface area (Å²) in [6.45, 7) is 0. The second-order valence-electron chi connectivity index (χ2n) is 7.66. The number of hydrogen-bond donors (Lipinski definition) is 1. The first-order chi connectivity index (χ1) is 16.9. The average Bonchev–Trinajstić information content (AvgIpc) is 3.26. The number of allylic oxidation sites excluding steroid dienone is 3. The molecule has 1 aliphatic rings. The van der Waals surface area contributed by atoms with Crippen LogP contribution < -0.4 is 14.8 Å². The Labute approximate surface area is 207 Å². The lowest BCUT2D eigenvalue weighted by molar-refractivity contribution is 0.0601. The van der Waals surface area contributed by atoms with Crippen molar-refractivity contribution in [3.05, 3.63) is 88.2 Å². The standard InChI is InChI=1S/C26H24ClN3O5/c1-33-23-12-9-16(13-24(23)34-2)22-8-6-4-5-7-18-15-21(29-30(18)22)25(31)28-17-10-11-19(20(27)14-17)26(32)35-3/h4,6,8-15H,5,7H2,1-3H3,(H,28,31)/b6-4-,22-8-. The first-order valence-corrected chi connectivity index (χ1v) is 11.2. The molecule has 8 nitrogen and oxygen atoms in total. The number of amides is 1. The Morgan fingerprint density at radius 3 is 2.54 bits per heavy atom. The van der Waals surface area contributed by atoms with E-state index >= 15 is 0 Å². The Kier molecular flexibility index (Phi) is 7.22. The van der Waals surface area contributed by atoms with Gasteiger partial charge in [0.15, 0.2) is 17.2 Å². The molecule has 0 saturated carbocycles. The largest absolute Gasteiger partial charge is 0.493 e. The summed E-state index contributed by atoms with van der Waals surface area (Å²) in [5.41, 5.74) is 3.44. The molecule has 3 aromatic rings. The number of aryl methyl sites for hydroxylation is 1. The molecule has 1 aromatic heterocycles. The summed E-state index contributed by atoms with van der Waals surface area (Å²) in [6, 6.07) is 12.0. The van der Waals surface area contributed by atoms with Crippen LogP contribution in [0.5, 0.6) is 11.5 Å². The third-order valence-corrected chi connectivity index (χ3v) is 5.83. The van der Waals surface area contributed by atoms with Crippen LogP contribution in [0.25, 0.3) is 5.70 Å². The van der Waals surface area contributed by atoms with Crippen molar-refractivity contribution < 1.29 is 23.8 Å². The summed E-state index contributed by atoms with van der Waals surface area (Å²) in [6.07, 6.45) is 7.52. The molecule has 4 rings (SSSR count). The zero-order valence-electron chi connectivity index (χ0n) is 19.5. The van der Waals surface area contributed by atoms with E-state index in [9.17, 15) is 9.59 Å². The highest BCUT2D eigenvalue weighted by atomic mass is 35.5. The van der Waals surface area contributed by atoms with Crippen LogP contribution >= 0.6 is 11.6 Å². The van der Waals surface area contributed by atoms with Crippen LogP contribution in [-0.2, 0) is 11.2 Å². The van der Waals surface area contributed by atoms with Gasteiger partial charge in [0.05, 0.1) is 37.6 Å². The number of halogens is 1. The van der Waals surface area contributed by atoms with E-state index in [0.717, 1.165) is 23.4 Å². The monoisotopic (exact) mass is 493 g/mol. The van der Waals surface area contributed by atoms with Crippen molar-refractivity contribution in [1.82, 2.24) is 9.78 Å². The number of nitrogens with one attached hydrogen (secondary N) is 1. The van der Waals surface area contributed by atoms with Gasteiger partial charge in [0.2, 0.25) is 0 Å². The van der Waals surface area contributed by atoms with Gasteiger partial charge in [-0.1, -0.05) is 23.8 Å². The maximum Gasteiger partial charge on any atom is 0.339 e. The second-order valence-corrected chi connectivity index (χ2v) is 8.07. The lowest BCUT2D eigenvalue weighted by Gasteiger charge is -2.15. The smallest absolute Gasteiger partial charge is 0.339 e. The molecule has 0 fully saturated rings. The molecule has 0 atom stereocenters. The molecule has 0 saturated heterocycles. The van der Waals surface area contributed by atoms with Gasteiger partial charge in [0.1, 0.15) is 0 Å². The topological polar surface area (TPSA) is 91.7 Å². The van der Waals surface area contributed by atoms with Crippen LogP contribution in [0.1, 0.15) is 38.5 Å². The maximum absolute atomic E-state index is 13.0. The highest BCUT2D eigenvalue weighted by Gasteiger charge is 2.20. The predicted octanol–water partition coefficient (Wildman–Crippen LogP) is 4.98. The van der Waals surface area contributed by atoms with Crippen molar-refractivity contribution in [1.29, 1.82) is 0 Å². The lowest BCUT2D eigenvalue weighted by Crippen LogP contribution is -2.14. The minimum Gasteiger partial charge on any atom is -0.493 e. The van der Waals surface area contributed by atoms with E-state index in [-0.39, 0.29) is 16.3 Å². The minimum atomic E-state index is -0.551. The van der Waals surface area contributed by atoms with Gasteiger partial charge in [-0.15, -0.1) is 0 Å².